The zero-order valence-electron chi connectivity index (χ0n) is 16.4. The fraction of sp³-hybridized carbons (Fsp3) is 0.381. The minimum absolute atomic E-state index is 0.253. The van der Waals surface area contributed by atoms with Crippen LogP contribution in [-0.4, -0.2) is 37.7 Å². The predicted octanol–water partition coefficient (Wildman–Crippen LogP) is 4.12. The molecule has 0 unspecified atom stereocenters. The molecule has 144 valence electrons. The zero-order chi connectivity index (χ0) is 20.0. The summed E-state index contributed by atoms with van der Waals surface area (Å²) in [6.07, 6.45) is 2.03. The van der Waals surface area contributed by atoms with Crippen LogP contribution >= 0.6 is 0 Å². The quantitative estimate of drug-likeness (QED) is 0.538. The first-order chi connectivity index (χ1) is 12.9. The summed E-state index contributed by atoms with van der Waals surface area (Å²) in [7, 11) is 2.60. The third-order valence-corrected chi connectivity index (χ3v) is 4.25. The summed E-state index contributed by atoms with van der Waals surface area (Å²) in [6, 6.07) is 7.26. The molecule has 1 aromatic carbocycles. The van der Waals surface area contributed by atoms with Crippen molar-refractivity contribution in [2.75, 3.05) is 20.8 Å². The van der Waals surface area contributed by atoms with E-state index in [2.05, 4.69) is 11.9 Å². The van der Waals surface area contributed by atoms with Crippen molar-refractivity contribution >= 4 is 11.9 Å². The lowest BCUT2D eigenvalue weighted by atomic mass is 9.92. The third-order valence-electron chi connectivity index (χ3n) is 4.25. The highest BCUT2D eigenvalue weighted by molar-refractivity contribution is 6.07. The molecule has 0 atom stereocenters. The highest BCUT2D eigenvalue weighted by Crippen LogP contribution is 2.33. The number of carbonyl (C=O) groups excluding carboxylic acids is 2. The van der Waals surface area contributed by atoms with E-state index in [1.807, 2.05) is 24.3 Å². The summed E-state index contributed by atoms with van der Waals surface area (Å²) in [5, 5.41) is 0. The fourth-order valence-electron chi connectivity index (χ4n) is 2.89. The first kappa shape index (κ1) is 20.4. The molecule has 0 aliphatic heterocycles. The van der Waals surface area contributed by atoms with Crippen LogP contribution in [0.3, 0.4) is 0 Å². The number of rotatable bonds is 7. The van der Waals surface area contributed by atoms with Gasteiger partial charge in [-0.25, -0.2) is 9.59 Å². The molecule has 6 heteroatoms. The smallest absolute Gasteiger partial charge is 0.340 e. The summed E-state index contributed by atoms with van der Waals surface area (Å²) < 4.78 is 15.5. The Kier molecular flexibility index (Phi) is 6.93. The van der Waals surface area contributed by atoms with E-state index < -0.39 is 11.9 Å². The van der Waals surface area contributed by atoms with E-state index in [0.717, 1.165) is 18.6 Å². The van der Waals surface area contributed by atoms with Crippen LogP contribution in [0.15, 0.2) is 24.3 Å². The van der Waals surface area contributed by atoms with Crippen LogP contribution in [0.2, 0.25) is 0 Å². The van der Waals surface area contributed by atoms with E-state index in [9.17, 15) is 9.59 Å². The van der Waals surface area contributed by atoms with Gasteiger partial charge in [0.1, 0.15) is 5.75 Å². The molecule has 0 spiro atoms. The summed E-state index contributed by atoms with van der Waals surface area (Å²) in [6.45, 7) is 6.17. The van der Waals surface area contributed by atoms with Crippen LogP contribution in [0.5, 0.6) is 5.75 Å². The molecule has 0 bridgehead atoms. The van der Waals surface area contributed by atoms with Crippen molar-refractivity contribution < 1.29 is 23.8 Å². The first-order valence-corrected chi connectivity index (χ1v) is 8.85. The molecule has 0 saturated heterocycles. The van der Waals surface area contributed by atoms with Crippen molar-refractivity contribution in [3.8, 4) is 16.9 Å². The molecule has 0 saturated carbocycles. The number of benzene rings is 1. The van der Waals surface area contributed by atoms with Crippen molar-refractivity contribution in [3.63, 3.8) is 0 Å². The van der Waals surface area contributed by atoms with Gasteiger partial charge in [0.15, 0.2) is 0 Å². The van der Waals surface area contributed by atoms with Crippen LogP contribution in [-0.2, 0) is 9.47 Å². The maximum absolute atomic E-state index is 12.4. The molecule has 0 aliphatic rings. The maximum Gasteiger partial charge on any atom is 0.340 e. The zero-order valence-corrected chi connectivity index (χ0v) is 16.4. The van der Waals surface area contributed by atoms with Gasteiger partial charge >= 0.3 is 11.9 Å². The topological polar surface area (TPSA) is 74.7 Å². The summed E-state index contributed by atoms with van der Waals surface area (Å²) in [5.74, 6) is -0.374. The minimum atomic E-state index is -0.552. The molecular formula is C21H25NO5. The van der Waals surface area contributed by atoms with Gasteiger partial charge in [-0.3, -0.25) is 4.98 Å². The minimum Gasteiger partial charge on any atom is -0.494 e. The van der Waals surface area contributed by atoms with Gasteiger partial charge in [0, 0.05) is 5.56 Å². The van der Waals surface area contributed by atoms with E-state index in [0.29, 0.717) is 29.1 Å². The summed E-state index contributed by atoms with van der Waals surface area (Å²) in [4.78, 5) is 29.1. The number of unbranched alkanes of at least 4 members (excludes halogenated alkanes) is 1. The standard InChI is InChI=1S/C21H25NO5/c1-6-7-12-27-16-10-8-15(9-11-16)19-17(20(23)25-4)13(2)22-14(3)18(19)21(24)26-5/h8-11H,6-7,12H2,1-5H3. The van der Waals surface area contributed by atoms with E-state index in [-0.39, 0.29) is 11.1 Å². The number of pyridine rings is 1. The Balaban J connectivity index is 2.62. The van der Waals surface area contributed by atoms with E-state index in [1.165, 1.54) is 14.2 Å². The Morgan fingerprint density at radius 3 is 1.89 bits per heavy atom. The van der Waals surface area contributed by atoms with Crippen LogP contribution < -0.4 is 4.74 Å². The number of ether oxygens (including phenoxy) is 3. The van der Waals surface area contributed by atoms with Gasteiger partial charge in [-0.05, 0) is 38.0 Å². The van der Waals surface area contributed by atoms with Gasteiger partial charge in [-0.1, -0.05) is 25.5 Å². The van der Waals surface area contributed by atoms with Crippen molar-refractivity contribution in [3.05, 3.63) is 46.8 Å². The number of esters is 2. The predicted molar refractivity (Wildman–Crippen MR) is 102 cm³/mol. The van der Waals surface area contributed by atoms with Gasteiger partial charge in [0.2, 0.25) is 0 Å². The van der Waals surface area contributed by atoms with Gasteiger partial charge in [-0.2, -0.15) is 0 Å². The Labute approximate surface area is 159 Å². The molecule has 2 aromatic rings. The van der Waals surface area contributed by atoms with Crippen LogP contribution in [0.1, 0.15) is 51.9 Å². The molecule has 6 nitrogen and oxygen atoms in total. The first-order valence-electron chi connectivity index (χ1n) is 8.85. The van der Waals surface area contributed by atoms with Gasteiger partial charge < -0.3 is 14.2 Å². The Hall–Kier alpha value is -2.89. The van der Waals surface area contributed by atoms with Crippen LogP contribution in [0.4, 0.5) is 0 Å². The highest BCUT2D eigenvalue weighted by Gasteiger charge is 2.27. The molecule has 0 aliphatic carbocycles. The molecule has 0 fully saturated rings. The number of aromatic nitrogens is 1. The highest BCUT2D eigenvalue weighted by atomic mass is 16.5. The van der Waals surface area contributed by atoms with E-state index in [4.69, 9.17) is 14.2 Å². The largest absolute Gasteiger partial charge is 0.494 e. The number of carbonyl (C=O) groups is 2. The maximum atomic E-state index is 12.4. The van der Waals surface area contributed by atoms with Crippen molar-refractivity contribution in [2.24, 2.45) is 0 Å². The lowest BCUT2D eigenvalue weighted by molar-refractivity contribution is 0.0599. The van der Waals surface area contributed by atoms with Crippen LogP contribution in [0, 0.1) is 13.8 Å². The Morgan fingerprint density at radius 2 is 1.44 bits per heavy atom. The van der Waals surface area contributed by atoms with E-state index >= 15 is 0 Å². The molecule has 0 radical (unpaired) electrons. The molecule has 0 amide bonds. The third kappa shape index (κ3) is 4.45. The van der Waals surface area contributed by atoms with Crippen molar-refractivity contribution in [1.29, 1.82) is 0 Å². The average Bonchev–Trinajstić information content (AvgIpc) is 2.67. The molecule has 0 N–H and O–H groups in total. The second kappa shape index (κ2) is 9.16. The lowest BCUT2D eigenvalue weighted by Gasteiger charge is -2.17. The number of methoxy groups -OCH3 is 2. The molecule has 27 heavy (non-hydrogen) atoms. The Morgan fingerprint density at radius 1 is 0.926 bits per heavy atom. The van der Waals surface area contributed by atoms with Gasteiger partial charge in [0.05, 0.1) is 43.3 Å². The van der Waals surface area contributed by atoms with Gasteiger partial charge in [0.25, 0.3) is 0 Å². The fourth-order valence-corrected chi connectivity index (χ4v) is 2.89. The second-order valence-corrected chi connectivity index (χ2v) is 6.12. The molecule has 1 aromatic heterocycles. The monoisotopic (exact) mass is 371 g/mol. The SMILES string of the molecule is CCCCOc1ccc(-c2c(C(=O)OC)c(C)nc(C)c2C(=O)OC)cc1. The number of aryl methyl sites for hydroxylation is 2. The van der Waals surface area contributed by atoms with Crippen molar-refractivity contribution in [1.82, 2.24) is 4.98 Å². The average molecular weight is 371 g/mol. The van der Waals surface area contributed by atoms with Crippen molar-refractivity contribution in [2.45, 2.75) is 33.6 Å². The second-order valence-electron chi connectivity index (χ2n) is 6.12. The number of hydrogen-bond acceptors (Lipinski definition) is 6. The lowest BCUT2D eigenvalue weighted by Crippen LogP contribution is -2.16. The van der Waals surface area contributed by atoms with E-state index in [1.54, 1.807) is 13.8 Å². The molecule has 2 rings (SSSR count). The number of hydrogen-bond donors (Lipinski definition) is 0. The number of nitrogens with zero attached hydrogens (tertiary/aromatic N) is 1. The summed E-state index contributed by atoms with van der Waals surface area (Å²) >= 11 is 0. The summed E-state index contributed by atoms with van der Waals surface area (Å²) in [5.41, 5.74) is 2.63. The molecular weight excluding hydrogens is 346 g/mol. The molecule has 1 heterocycles. The van der Waals surface area contributed by atoms with Gasteiger partial charge in [-0.15, -0.1) is 0 Å². The van der Waals surface area contributed by atoms with Crippen LogP contribution in [0.25, 0.3) is 11.1 Å². The Bertz CT molecular complexity index is 787. The normalized spacial score (nSPS) is 10.4.